The summed E-state index contributed by atoms with van der Waals surface area (Å²) in [6.07, 6.45) is -1.51. The fraction of sp³-hybridized carbons (Fsp3) is 0.333. The number of anilines is 1. The van der Waals surface area contributed by atoms with Gasteiger partial charge in [0.15, 0.2) is 5.82 Å². The van der Waals surface area contributed by atoms with E-state index in [1.807, 2.05) is 0 Å². The van der Waals surface area contributed by atoms with Crippen molar-refractivity contribution >= 4 is 5.82 Å². The molecule has 1 aliphatic heterocycles. The average Bonchev–Trinajstić information content (AvgIpc) is 2.55. The second-order valence-corrected chi connectivity index (χ2v) is 5.04. The summed E-state index contributed by atoms with van der Waals surface area (Å²) in [5.41, 5.74) is 1.34. The van der Waals surface area contributed by atoms with Crippen LogP contribution in [0.25, 0.3) is 11.3 Å². The molecule has 0 aliphatic carbocycles. The van der Waals surface area contributed by atoms with E-state index in [2.05, 4.69) is 24.9 Å². The number of ether oxygens (including phenoxy) is 1. The third-order valence-corrected chi connectivity index (χ3v) is 3.46. The van der Waals surface area contributed by atoms with Crippen LogP contribution in [0.5, 0.6) is 5.75 Å². The predicted octanol–water partition coefficient (Wildman–Crippen LogP) is 2.45. The molecule has 1 aromatic heterocycles. The van der Waals surface area contributed by atoms with Crippen molar-refractivity contribution in [2.45, 2.75) is 6.36 Å². The third-order valence-electron chi connectivity index (χ3n) is 3.46. The molecule has 2 aromatic rings. The first-order chi connectivity index (χ1) is 11.0. The summed E-state index contributed by atoms with van der Waals surface area (Å²) >= 11 is 0. The molecule has 0 radical (unpaired) electrons. The highest BCUT2D eigenvalue weighted by Crippen LogP contribution is 2.29. The van der Waals surface area contributed by atoms with Crippen molar-refractivity contribution in [3.8, 4) is 17.0 Å². The van der Waals surface area contributed by atoms with Crippen molar-refractivity contribution in [3.63, 3.8) is 0 Å². The number of alkyl halides is 3. The van der Waals surface area contributed by atoms with Crippen molar-refractivity contribution in [2.24, 2.45) is 0 Å². The topological polar surface area (TPSA) is 50.3 Å². The number of aromatic nitrogens is 2. The van der Waals surface area contributed by atoms with Crippen LogP contribution in [0.15, 0.2) is 36.7 Å². The molecule has 3 rings (SSSR count). The van der Waals surface area contributed by atoms with E-state index in [4.69, 9.17) is 0 Å². The molecular formula is C15H15F3N4O. The molecule has 0 spiro atoms. The molecule has 1 N–H and O–H groups in total. The van der Waals surface area contributed by atoms with Crippen LogP contribution in [-0.2, 0) is 0 Å². The first-order valence-electron chi connectivity index (χ1n) is 7.16. The van der Waals surface area contributed by atoms with Crippen molar-refractivity contribution in [2.75, 3.05) is 31.1 Å². The normalized spacial score (nSPS) is 15.5. The molecule has 2 heterocycles. The van der Waals surface area contributed by atoms with Gasteiger partial charge in [-0.25, -0.2) is 4.98 Å². The Labute approximate surface area is 131 Å². The lowest BCUT2D eigenvalue weighted by Crippen LogP contribution is -2.44. The van der Waals surface area contributed by atoms with E-state index in [1.165, 1.54) is 12.1 Å². The van der Waals surface area contributed by atoms with Crippen LogP contribution < -0.4 is 15.0 Å². The summed E-state index contributed by atoms with van der Waals surface area (Å²) in [6, 6.07) is 5.66. The minimum atomic E-state index is -4.69. The summed E-state index contributed by atoms with van der Waals surface area (Å²) in [5.74, 6) is 0.479. The Morgan fingerprint density at radius 3 is 2.30 bits per heavy atom. The summed E-state index contributed by atoms with van der Waals surface area (Å²) in [7, 11) is 0. The lowest BCUT2D eigenvalue weighted by Gasteiger charge is -2.29. The van der Waals surface area contributed by atoms with Gasteiger partial charge in [0.1, 0.15) is 11.4 Å². The van der Waals surface area contributed by atoms with Gasteiger partial charge in [0.2, 0.25) is 0 Å². The lowest BCUT2D eigenvalue weighted by molar-refractivity contribution is -0.274. The molecule has 8 heteroatoms. The third kappa shape index (κ3) is 3.89. The molecule has 1 fully saturated rings. The second kappa shape index (κ2) is 6.41. The number of rotatable bonds is 3. The van der Waals surface area contributed by atoms with Crippen LogP contribution in [0, 0.1) is 0 Å². The second-order valence-electron chi connectivity index (χ2n) is 5.04. The van der Waals surface area contributed by atoms with Crippen molar-refractivity contribution in [1.82, 2.24) is 15.3 Å². The van der Waals surface area contributed by atoms with Gasteiger partial charge < -0.3 is 15.0 Å². The molecule has 0 unspecified atom stereocenters. The summed E-state index contributed by atoms with van der Waals surface area (Å²) in [4.78, 5) is 10.8. The van der Waals surface area contributed by atoms with Crippen LogP contribution in [0.3, 0.4) is 0 Å². The molecule has 0 bridgehead atoms. The van der Waals surface area contributed by atoms with Crippen LogP contribution in [-0.4, -0.2) is 42.5 Å². The number of benzene rings is 1. The molecule has 1 saturated heterocycles. The van der Waals surface area contributed by atoms with Crippen LogP contribution >= 0.6 is 0 Å². The van der Waals surface area contributed by atoms with Gasteiger partial charge in [-0.05, 0) is 24.3 Å². The predicted molar refractivity (Wildman–Crippen MR) is 79.2 cm³/mol. The highest BCUT2D eigenvalue weighted by molar-refractivity contribution is 5.72. The standard InChI is InChI=1S/C15H15F3N4O/c16-15(17,18)23-12-3-1-11(2-4-12)13-14(21-6-5-20-13)22-9-7-19-8-10-22/h1-6,19H,7-10H2. The zero-order valence-corrected chi connectivity index (χ0v) is 12.2. The van der Waals surface area contributed by atoms with E-state index in [0.717, 1.165) is 32.0 Å². The fourth-order valence-corrected chi connectivity index (χ4v) is 2.46. The van der Waals surface area contributed by atoms with Crippen molar-refractivity contribution < 1.29 is 17.9 Å². The minimum absolute atomic E-state index is 0.256. The summed E-state index contributed by atoms with van der Waals surface area (Å²) in [6.45, 7) is 3.32. The van der Waals surface area contributed by atoms with Gasteiger partial charge in [-0.1, -0.05) is 0 Å². The van der Waals surface area contributed by atoms with Gasteiger partial charge in [0.25, 0.3) is 0 Å². The maximum Gasteiger partial charge on any atom is 0.573 e. The monoisotopic (exact) mass is 324 g/mol. The number of hydrogen-bond acceptors (Lipinski definition) is 5. The van der Waals surface area contributed by atoms with E-state index in [1.54, 1.807) is 24.5 Å². The van der Waals surface area contributed by atoms with Gasteiger partial charge in [0, 0.05) is 44.1 Å². The zero-order valence-electron chi connectivity index (χ0n) is 12.2. The first-order valence-corrected chi connectivity index (χ1v) is 7.16. The smallest absolute Gasteiger partial charge is 0.406 e. The van der Waals surface area contributed by atoms with Crippen molar-refractivity contribution in [1.29, 1.82) is 0 Å². The average molecular weight is 324 g/mol. The van der Waals surface area contributed by atoms with Gasteiger partial charge in [-0.15, -0.1) is 13.2 Å². The molecule has 1 aliphatic rings. The molecular weight excluding hydrogens is 309 g/mol. The maximum absolute atomic E-state index is 12.2. The molecule has 0 saturated carbocycles. The Balaban J connectivity index is 1.86. The van der Waals surface area contributed by atoms with E-state index in [9.17, 15) is 13.2 Å². The zero-order chi connectivity index (χ0) is 16.3. The maximum atomic E-state index is 12.2. The fourth-order valence-electron chi connectivity index (χ4n) is 2.46. The van der Waals surface area contributed by atoms with Crippen molar-refractivity contribution in [3.05, 3.63) is 36.7 Å². The highest BCUT2D eigenvalue weighted by atomic mass is 19.4. The molecule has 0 amide bonds. The molecule has 5 nitrogen and oxygen atoms in total. The Kier molecular flexibility index (Phi) is 4.33. The van der Waals surface area contributed by atoms with E-state index in [-0.39, 0.29) is 5.75 Å². The van der Waals surface area contributed by atoms with Crippen LogP contribution in [0.1, 0.15) is 0 Å². The number of piperazine rings is 1. The minimum Gasteiger partial charge on any atom is -0.406 e. The van der Waals surface area contributed by atoms with E-state index < -0.39 is 6.36 Å². The number of nitrogens with zero attached hydrogens (tertiary/aromatic N) is 3. The lowest BCUT2D eigenvalue weighted by atomic mass is 10.1. The summed E-state index contributed by atoms with van der Waals surface area (Å²) < 4.78 is 40.5. The number of halogens is 3. The van der Waals surface area contributed by atoms with Gasteiger partial charge in [-0.3, -0.25) is 4.98 Å². The van der Waals surface area contributed by atoms with Crippen LogP contribution in [0.4, 0.5) is 19.0 Å². The Bertz CT molecular complexity index is 655. The largest absolute Gasteiger partial charge is 0.573 e. The highest BCUT2D eigenvalue weighted by Gasteiger charge is 2.31. The van der Waals surface area contributed by atoms with E-state index in [0.29, 0.717) is 11.3 Å². The summed E-state index contributed by atoms with van der Waals surface area (Å²) in [5, 5.41) is 3.26. The molecule has 122 valence electrons. The first kappa shape index (κ1) is 15.5. The van der Waals surface area contributed by atoms with Crippen LogP contribution in [0.2, 0.25) is 0 Å². The van der Waals surface area contributed by atoms with E-state index >= 15 is 0 Å². The number of hydrogen-bond donors (Lipinski definition) is 1. The SMILES string of the molecule is FC(F)(F)Oc1ccc(-c2nccnc2N2CCNCC2)cc1. The molecule has 0 atom stereocenters. The molecule has 1 aromatic carbocycles. The number of nitrogens with one attached hydrogen (secondary N) is 1. The Morgan fingerprint density at radius 2 is 1.65 bits per heavy atom. The van der Waals surface area contributed by atoms with Gasteiger partial charge in [0.05, 0.1) is 0 Å². The Morgan fingerprint density at radius 1 is 1.00 bits per heavy atom. The molecule has 23 heavy (non-hydrogen) atoms. The Hall–Kier alpha value is -2.35. The quantitative estimate of drug-likeness (QED) is 0.940. The van der Waals surface area contributed by atoms with Gasteiger partial charge >= 0.3 is 6.36 Å². The van der Waals surface area contributed by atoms with Gasteiger partial charge in [-0.2, -0.15) is 0 Å².